The van der Waals surface area contributed by atoms with Gasteiger partial charge in [0.1, 0.15) is 0 Å². The number of piperidine rings is 1. The molecule has 0 bridgehead atoms. The van der Waals surface area contributed by atoms with E-state index in [-0.39, 0.29) is 12.4 Å². The lowest BCUT2D eigenvalue weighted by molar-refractivity contribution is 0.334. The van der Waals surface area contributed by atoms with E-state index in [1.165, 1.54) is 0 Å². The van der Waals surface area contributed by atoms with Crippen molar-refractivity contribution < 1.29 is 8.42 Å². The molecule has 1 aromatic carbocycles. The molecule has 0 saturated carbocycles. The van der Waals surface area contributed by atoms with Crippen LogP contribution in [0, 0.1) is 6.92 Å². The molecule has 1 saturated heterocycles. The molecule has 25 heavy (non-hydrogen) atoms. The van der Waals surface area contributed by atoms with Crippen LogP contribution in [0.25, 0.3) is 0 Å². The lowest BCUT2D eigenvalue weighted by Crippen LogP contribution is -2.49. The molecular weight excluding hydrogens is 378 g/mol. The first kappa shape index (κ1) is 22.2. The number of sulfone groups is 1. The van der Waals surface area contributed by atoms with Gasteiger partial charge in [-0.05, 0) is 58.2 Å². The number of aryl methyl sites for hydroxylation is 1. The van der Waals surface area contributed by atoms with Crippen LogP contribution in [0.4, 0.5) is 0 Å². The normalized spacial score (nSPS) is 17.9. The van der Waals surface area contributed by atoms with Gasteiger partial charge in [-0.25, -0.2) is 8.42 Å². The number of likely N-dealkylation sites (N-methyl/N-ethyl adjacent to an activating group) is 1. The highest BCUT2D eigenvalue weighted by atomic mass is 35.5. The highest BCUT2D eigenvalue weighted by molar-refractivity contribution is 7.92. The van der Waals surface area contributed by atoms with E-state index in [0.29, 0.717) is 23.0 Å². The van der Waals surface area contributed by atoms with Crippen LogP contribution in [-0.2, 0) is 9.84 Å². The molecule has 0 radical (unpaired) electrons. The number of thiocarbonyl (C=S) groups is 1. The van der Waals surface area contributed by atoms with Gasteiger partial charge in [0.05, 0.1) is 10.1 Å². The van der Waals surface area contributed by atoms with Gasteiger partial charge in [-0.3, -0.25) is 0 Å². The standard InChI is InChI=1S/C17H27N3O2S2.ClH/c1-14-6-8-15(9-7-14)24(21,22)16-5-4-11-20(13-16)17(23)18-10-12-19(2)3;/h6-9,16H,4-5,10-13H2,1-3H3,(H,18,23);1H. The van der Waals surface area contributed by atoms with Gasteiger partial charge in [0, 0.05) is 26.2 Å². The summed E-state index contributed by atoms with van der Waals surface area (Å²) in [5.41, 5.74) is 1.06. The maximum atomic E-state index is 12.9. The van der Waals surface area contributed by atoms with Crippen molar-refractivity contribution in [1.29, 1.82) is 0 Å². The molecule has 0 aliphatic carbocycles. The topological polar surface area (TPSA) is 52.7 Å². The van der Waals surface area contributed by atoms with Crippen molar-refractivity contribution in [2.45, 2.75) is 29.9 Å². The van der Waals surface area contributed by atoms with Gasteiger partial charge in [0.25, 0.3) is 0 Å². The van der Waals surface area contributed by atoms with Gasteiger partial charge >= 0.3 is 0 Å². The van der Waals surface area contributed by atoms with Crippen molar-refractivity contribution in [2.24, 2.45) is 0 Å². The van der Waals surface area contributed by atoms with Crippen LogP contribution in [0.1, 0.15) is 18.4 Å². The van der Waals surface area contributed by atoms with E-state index in [1.54, 1.807) is 12.1 Å². The maximum Gasteiger partial charge on any atom is 0.182 e. The Bertz CT molecular complexity index is 663. The second-order valence-electron chi connectivity index (χ2n) is 6.60. The Hall–Kier alpha value is -0.890. The Morgan fingerprint density at radius 2 is 1.96 bits per heavy atom. The summed E-state index contributed by atoms with van der Waals surface area (Å²) in [5.74, 6) is 0. The number of hydrogen-bond donors (Lipinski definition) is 1. The maximum absolute atomic E-state index is 12.9. The molecule has 1 unspecified atom stereocenters. The van der Waals surface area contributed by atoms with Crippen LogP contribution in [0.5, 0.6) is 0 Å². The van der Waals surface area contributed by atoms with Crippen LogP contribution in [0.15, 0.2) is 29.2 Å². The predicted octanol–water partition coefficient (Wildman–Crippen LogP) is 2.09. The number of nitrogens with one attached hydrogen (secondary N) is 1. The first-order valence-electron chi connectivity index (χ1n) is 8.29. The van der Waals surface area contributed by atoms with Gasteiger partial charge in [-0.15, -0.1) is 12.4 Å². The highest BCUT2D eigenvalue weighted by Crippen LogP contribution is 2.24. The number of hydrogen-bond acceptors (Lipinski definition) is 4. The fourth-order valence-electron chi connectivity index (χ4n) is 2.79. The molecule has 1 aromatic rings. The van der Waals surface area contributed by atoms with Crippen molar-refractivity contribution in [2.75, 3.05) is 40.3 Å². The van der Waals surface area contributed by atoms with E-state index >= 15 is 0 Å². The average molecular weight is 406 g/mol. The number of benzene rings is 1. The van der Waals surface area contributed by atoms with Gasteiger partial charge < -0.3 is 15.1 Å². The van der Waals surface area contributed by atoms with Gasteiger partial charge in [0.15, 0.2) is 14.9 Å². The van der Waals surface area contributed by atoms with Gasteiger partial charge in [0.2, 0.25) is 0 Å². The van der Waals surface area contributed by atoms with E-state index in [0.717, 1.165) is 31.6 Å². The summed E-state index contributed by atoms with van der Waals surface area (Å²) in [5, 5.41) is 3.48. The second-order valence-corrected chi connectivity index (χ2v) is 9.22. The molecule has 1 aliphatic heterocycles. The first-order chi connectivity index (χ1) is 11.3. The second kappa shape index (κ2) is 9.71. The van der Waals surface area contributed by atoms with Gasteiger partial charge in [-0.2, -0.15) is 0 Å². The Morgan fingerprint density at radius 1 is 1.32 bits per heavy atom. The number of rotatable bonds is 5. The molecule has 1 atom stereocenters. The summed E-state index contributed by atoms with van der Waals surface area (Å²) in [4.78, 5) is 4.48. The van der Waals surface area contributed by atoms with Crippen LogP contribution in [-0.4, -0.2) is 68.9 Å². The van der Waals surface area contributed by atoms with E-state index in [9.17, 15) is 8.42 Å². The molecule has 0 aromatic heterocycles. The summed E-state index contributed by atoms with van der Waals surface area (Å²) >= 11 is 5.44. The minimum absolute atomic E-state index is 0. The van der Waals surface area contributed by atoms with Crippen LogP contribution in [0.2, 0.25) is 0 Å². The third kappa shape index (κ3) is 6.09. The molecule has 5 nitrogen and oxygen atoms in total. The smallest absolute Gasteiger partial charge is 0.182 e. The largest absolute Gasteiger partial charge is 0.361 e. The van der Waals surface area contributed by atoms with Crippen molar-refractivity contribution in [3.63, 3.8) is 0 Å². The highest BCUT2D eigenvalue weighted by Gasteiger charge is 2.32. The van der Waals surface area contributed by atoms with E-state index in [4.69, 9.17) is 12.2 Å². The molecule has 1 fully saturated rings. The SMILES string of the molecule is Cc1ccc(S(=O)(=O)C2CCCN(C(=S)NCCN(C)C)C2)cc1.Cl. The molecule has 142 valence electrons. The summed E-state index contributed by atoms with van der Waals surface area (Å²) in [6.07, 6.45) is 1.53. The zero-order valence-electron chi connectivity index (χ0n) is 15.1. The minimum atomic E-state index is -3.32. The van der Waals surface area contributed by atoms with E-state index in [1.807, 2.05) is 38.1 Å². The third-order valence-corrected chi connectivity index (χ3v) is 6.88. The molecule has 1 N–H and O–H groups in total. The minimum Gasteiger partial charge on any atom is -0.361 e. The third-order valence-electron chi connectivity index (χ3n) is 4.29. The van der Waals surface area contributed by atoms with E-state index < -0.39 is 15.1 Å². The zero-order valence-corrected chi connectivity index (χ0v) is 17.5. The number of likely N-dealkylation sites (tertiary alicyclic amines) is 1. The molecule has 0 spiro atoms. The molecular formula is C17H28ClN3O2S2. The fraction of sp³-hybridized carbons (Fsp3) is 0.588. The van der Waals surface area contributed by atoms with Crippen molar-refractivity contribution >= 4 is 39.6 Å². The van der Waals surface area contributed by atoms with Crippen molar-refractivity contribution in [3.05, 3.63) is 29.8 Å². The summed E-state index contributed by atoms with van der Waals surface area (Å²) in [6.45, 7) is 4.88. The lowest BCUT2D eigenvalue weighted by atomic mass is 10.1. The van der Waals surface area contributed by atoms with Crippen LogP contribution < -0.4 is 5.32 Å². The lowest BCUT2D eigenvalue weighted by Gasteiger charge is -2.34. The quantitative estimate of drug-likeness (QED) is 0.757. The summed E-state index contributed by atoms with van der Waals surface area (Å²) in [6, 6.07) is 7.11. The molecule has 2 rings (SSSR count). The van der Waals surface area contributed by atoms with Gasteiger partial charge in [-0.1, -0.05) is 17.7 Å². The van der Waals surface area contributed by atoms with Crippen LogP contribution >= 0.6 is 24.6 Å². The first-order valence-corrected chi connectivity index (χ1v) is 10.2. The summed E-state index contributed by atoms with van der Waals surface area (Å²) in [7, 11) is 0.703. The Morgan fingerprint density at radius 3 is 2.56 bits per heavy atom. The molecule has 1 heterocycles. The Balaban J connectivity index is 0.00000312. The monoisotopic (exact) mass is 405 g/mol. The Labute approximate surface area is 163 Å². The predicted molar refractivity (Wildman–Crippen MR) is 109 cm³/mol. The summed E-state index contributed by atoms with van der Waals surface area (Å²) < 4.78 is 25.7. The number of halogens is 1. The molecule has 1 aliphatic rings. The Kier molecular flexibility index (Phi) is 8.60. The van der Waals surface area contributed by atoms with Crippen LogP contribution in [0.3, 0.4) is 0 Å². The van der Waals surface area contributed by atoms with Crippen molar-refractivity contribution in [3.8, 4) is 0 Å². The number of nitrogens with zero attached hydrogens (tertiary/aromatic N) is 2. The van der Waals surface area contributed by atoms with E-state index in [2.05, 4.69) is 10.2 Å². The molecule has 8 heteroatoms. The molecule has 0 amide bonds. The van der Waals surface area contributed by atoms with Crippen molar-refractivity contribution in [1.82, 2.24) is 15.1 Å². The zero-order chi connectivity index (χ0) is 17.7. The average Bonchev–Trinajstić information content (AvgIpc) is 2.55. The fourth-order valence-corrected chi connectivity index (χ4v) is 4.82.